The molecule has 0 spiro atoms. The van der Waals surface area contributed by atoms with Crippen LogP contribution in [0.2, 0.25) is 0 Å². The van der Waals surface area contributed by atoms with Crippen molar-refractivity contribution in [3.05, 3.63) is 44.7 Å². The maximum atomic E-state index is 8.84. The maximum absolute atomic E-state index is 8.84. The van der Waals surface area contributed by atoms with Crippen LogP contribution in [0.25, 0.3) is 0 Å². The molecule has 0 aliphatic carbocycles. The first-order chi connectivity index (χ1) is 8.19. The van der Waals surface area contributed by atoms with Crippen LogP contribution in [0.3, 0.4) is 0 Å². The van der Waals surface area contributed by atoms with Gasteiger partial charge in [-0.1, -0.05) is 0 Å². The molecule has 2 aromatic heterocycles. The number of pyridine rings is 1. The molecule has 0 radical (unpaired) electrons. The number of rotatable bonds is 3. The van der Waals surface area contributed by atoms with Crippen LogP contribution >= 0.6 is 27.3 Å². The van der Waals surface area contributed by atoms with E-state index in [9.17, 15) is 0 Å². The van der Waals surface area contributed by atoms with Crippen LogP contribution in [0, 0.1) is 11.3 Å². The van der Waals surface area contributed by atoms with Crippen LogP contribution in [-0.2, 0) is 6.54 Å². The molecule has 0 aliphatic rings. The molecule has 3 nitrogen and oxygen atoms in total. The quantitative estimate of drug-likeness (QED) is 0.872. The van der Waals surface area contributed by atoms with Crippen molar-refractivity contribution in [1.82, 2.24) is 4.98 Å². The van der Waals surface area contributed by atoms with E-state index in [0.717, 1.165) is 16.8 Å². The summed E-state index contributed by atoms with van der Waals surface area (Å²) in [4.78, 5) is 7.54. The lowest BCUT2D eigenvalue weighted by Crippen LogP contribution is -2.16. The molecule has 2 aromatic rings. The lowest BCUT2D eigenvalue weighted by molar-refractivity contribution is 0.911. The molecule has 0 unspecified atom stereocenters. The van der Waals surface area contributed by atoms with Gasteiger partial charge in [-0.05, 0) is 34.1 Å². The minimum Gasteiger partial charge on any atom is -0.355 e. The number of hydrogen-bond donors (Lipinski definition) is 0. The molecule has 0 saturated carbocycles. The van der Waals surface area contributed by atoms with Crippen LogP contribution in [-0.4, -0.2) is 12.0 Å². The van der Waals surface area contributed by atoms with E-state index in [0.29, 0.717) is 5.56 Å². The van der Waals surface area contributed by atoms with Crippen molar-refractivity contribution in [2.75, 3.05) is 11.9 Å². The fourth-order valence-electron chi connectivity index (χ4n) is 1.45. The Kier molecular flexibility index (Phi) is 3.77. The Bertz CT molecular complexity index is 559. The van der Waals surface area contributed by atoms with Gasteiger partial charge in [0.25, 0.3) is 0 Å². The van der Waals surface area contributed by atoms with Crippen molar-refractivity contribution in [1.29, 1.82) is 5.26 Å². The Labute approximate surface area is 112 Å². The molecule has 5 heteroatoms. The second-order valence-electron chi connectivity index (χ2n) is 3.60. The summed E-state index contributed by atoms with van der Waals surface area (Å²) in [5, 5.41) is 10.9. The lowest BCUT2D eigenvalue weighted by Gasteiger charge is -2.16. The number of aromatic nitrogens is 1. The summed E-state index contributed by atoms with van der Waals surface area (Å²) in [5.41, 5.74) is 0.634. The second-order valence-corrected chi connectivity index (χ2v) is 5.51. The number of hydrogen-bond acceptors (Lipinski definition) is 4. The van der Waals surface area contributed by atoms with E-state index < -0.39 is 0 Å². The molecule has 0 aromatic carbocycles. The van der Waals surface area contributed by atoms with Crippen molar-refractivity contribution in [2.45, 2.75) is 6.54 Å². The third-order valence-electron chi connectivity index (χ3n) is 2.28. The van der Waals surface area contributed by atoms with Gasteiger partial charge in [-0.15, -0.1) is 11.3 Å². The predicted molar refractivity (Wildman–Crippen MR) is 73.1 cm³/mol. The first kappa shape index (κ1) is 12.1. The van der Waals surface area contributed by atoms with E-state index in [1.807, 2.05) is 11.9 Å². The Hall–Kier alpha value is -1.38. The van der Waals surface area contributed by atoms with Gasteiger partial charge in [-0.25, -0.2) is 4.98 Å². The molecule has 0 fully saturated rings. The number of halogens is 1. The number of nitrogens with zero attached hydrogens (tertiary/aromatic N) is 3. The lowest BCUT2D eigenvalue weighted by atomic mass is 10.3. The molecule has 2 rings (SSSR count). The highest BCUT2D eigenvalue weighted by molar-refractivity contribution is 9.10. The zero-order valence-corrected chi connectivity index (χ0v) is 11.6. The third-order valence-corrected chi connectivity index (χ3v) is 3.96. The highest BCUT2D eigenvalue weighted by Gasteiger charge is 2.06. The monoisotopic (exact) mass is 307 g/mol. The molecule has 0 aliphatic heterocycles. The molecule has 0 N–H and O–H groups in total. The predicted octanol–water partition coefficient (Wildman–Crippen LogP) is 3.41. The van der Waals surface area contributed by atoms with Crippen LogP contribution in [0.1, 0.15) is 10.4 Å². The largest absolute Gasteiger partial charge is 0.355 e. The summed E-state index contributed by atoms with van der Waals surface area (Å²) in [7, 11) is 1.97. The average molecular weight is 308 g/mol. The topological polar surface area (TPSA) is 39.9 Å². The van der Waals surface area contributed by atoms with Gasteiger partial charge in [0.05, 0.1) is 18.2 Å². The van der Waals surface area contributed by atoms with E-state index in [1.54, 1.807) is 29.7 Å². The maximum Gasteiger partial charge on any atom is 0.129 e. The minimum atomic E-state index is 0.634. The van der Waals surface area contributed by atoms with Crippen molar-refractivity contribution in [3.63, 3.8) is 0 Å². The number of thiophene rings is 1. The van der Waals surface area contributed by atoms with Gasteiger partial charge in [-0.2, -0.15) is 5.26 Å². The fourth-order valence-corrected chi connectivity index (χ4v) is 2.95. The zero-order valence-electron chi connectivity index (χ0n) is 9.22. The first-order valence-corrected chi connectivity index (χ1v) is 6.66. The van der Waals surface area contributed by atoms with Gasteiger partial charge in [-0.3, -0.25) is 0 Å². The van der Waals surface area contributed by atoms with Crippen LogP contribution in [0.4, 0.5) is 5.82 Å². The molecule has 17 heavy (non-hydrogen) atoms. The van der Waals surface area contributed by atoms with Crippen molar-refractivity contribution in [3.8, 4) is 6.07 Å². The van der Waals surface area contributed by atoms with E-state index >= 15 is 0 Å². The highest BCUT2D eigenvalue weighted by atomic mass is 79.9. The van der Waals surface area contributed by atoms with E-state index in [2.05, 4.69) is 38.4 Å². The van der Waals surface area contributed by atoms with Crippen LogP contribution < -0.4 is 4.90 Å². The minimum absolute atomic E-state index is 0.634. The molecular formula is C12H10BrN3S. The normalized spacial score (nSPS) is 9.94. The van der Waals surface area contributed by atoms with Gasteiger partial charge in [0.15, 0.2) is 0 Å². The average Bonchev–Trinajstić information content (AvgIpc) is 2.75. The Morgan fingerprint density at radius 1 is 1.53 bits per heavy atom. The van der Waals surface area contributed by atoms with Gasteiger partial charge >= 0.3 is 0 Å². The smallest absolute Gasteiger partial charge is 0.129 e. The molecule has 0 saturated heterocycles. The van der Waals surface area contributed by atoms with Gasteiger partial charge in [0.1, 0.15) is 5.82 Å². The summed E-state index contributed by atoms with van der Waals surface area (Å²) in [6, 6.07) is 7.71. The van der Waals surface area contributed by atoms with Gasteiger partial charge in [0, 0.05) is 28.0 Å². The SMILES string of the molecule is CN(Cc1cc(Br)cs1)c1cc(C#N)ccn1. The number of anilines is 1. The van der Waals surface area contributed by atoms with Gasteiger partial charge < -0.3 is 4.90 Å². The fraction of sp³-hybridized carbons (Fsp3) is 0.167. The Morgan fingerprint density at radius 2 is 2.35 bits per heavy atom. The standard InChI is InChI=1S/C12H10BrN3S/c1-16(7-11-5-10(13)8-17-11)12-4-9(6-14)2-3-15-12/h2-5,8H,7H2,1H3. The molecular weight excluding hydrogens is 298 g/mol. The van der Waals surface area contributed by atoms with E-state index in [1.165, 1.54) is 4.88 Å². The van der Waals surface area contributed by atoms with E-state index in [4.69, 9.17) is 5.26 Å². The summed E-state index contributed by atoms with van der Waals surface area (Å²) < 4.78 is 1.10. The zero-order chi connectivity index (χ0) is 12.3. The van der Waals surface area contributed by atoms with E-state index in [-0.39, 0.29) is 0 Å². The van der Waals surface area contributed by atoms with Crippen molar-refractivity contribution >= 4 is 33.1 Å². The summed E-state index contributed by atoms with van der Waals surface area (Å²) in [6.45, 7) is 0.790. The Balaban J connectivity index is 2.14. The molecule has 0 atom stereocenters. The highest BCUT2D eigenvalue weighted by Crippen LogP contribution is 2.22. The van der Waals surface area contributed by atoms with Crippen molar-refractivity contribution < 1.29 is 0 Å². The summed E-state index contributed by atoms with van der Waals surface area (Å²) in [5.74, 6) is 0.813. The molecule has 2 heterocycles. The molecule has 86 valence electrons. The van der Waals surface area contributed by atoms with Gasteiger partial charge in [0.2, 0.25) is 0 Å². The molecule has 0 amide bonds. The van der Waals surface area contributed by atoms with Crippen LogP contribution in [0.15, 0.2) is 34.2 Å². The first-order valence-electron chi connectivity index (χ1n) is 4.99. The van der Waals surface area contributed by atoms with Crippen molar-refractivity contribution in [2.24, 2.45) is 0 Å². The Morgan fingerprint density at radius 3 is 3.00 bits per heavy atom. The molecule has 0 bridgehead atoms. The number of nitriles is 1. The third kappa shape index (κ3) is 3.05. The summed E-state index contributed by atoms with van der Waals surface area (Å²) >= 11 is 5.14. The second kappa shape index (κ2) is 5.30. The summed E-state index contributed by atoms with van der Waals surface area (Å²) in [6.07, 6.45) is 1.66. The van der Waals surface area contributed by atoms with Crippen LogP contribution in [0.5, 0.6) is 0 Å².